The van der Waals surface area contributed by atoms with Crippen LogP contribution in [-0.4, -0.2) is 11.0 Å². The van der Waals surface area contributed by atoms with Gasteiger partial charge in [-0.25, -0.2) is 0 Å². The highest BCUT2D eigenvalue weighted by atomic mass is 15.0. The number of pyridine rings is 1. The molecule has 1 saturated carbocycles. The highest BCUT2D eigenvalue weighted by Gasteiger charge is 2.64. The van der Waals surface area contributed by atoms with Gasteiger partial charge in [-0.15, -0.1) is 0 Å². The number of hydrogen-bond donors (Lipinski definition) is 1. The Morgan fingerprint density at radius 1 is 1.19 bits per heavy atom. The van der Waals surface area contributed by atoms with Crippen molar-refractivity contribution in [2.45, 2.75) is 47.2 Å². The van der Waals surface area contributed by atoms with Gasteiger partial charge in [0, 0.05) is 25.0 Å². The maximum atomic E-state index is 4.22. The quantitative estimate of drug-likeness (QED) is 0.843. The fraction of sp³-hybridized carbons (Fsp3) is 0.643. The fourth-order valence-corrected chi connectivity index (χ4v) is 2.64. The van der Waals surface area contributed by atoms with Crippen LogP contribution in [0.2, 0.25) is 0 Å². The van der Waals surface area contributed by atoms with Crippen LogP contribution in [0.5, 0.6) is 0 Å². The second-order valence-corrected chi connectivity index (χ2v) is 6.13. The van der Waals surface area contributed by atoms with E-state index >= 15 is 0 Å². The Morgan fingerprint density at radius 2 is 1.81 bits per heavy atom. The van der Waals surface area contributed by atoms with Gasteiger partial charge in [0.05, 0.1) is 0 Å². The molecule has 1 aliphatic rings. The highest BCUT2D eigenvalue weighted by Crippen LogP contribution is 2.62. The van der Waals surface area contributed by atoms with Crippen LogP contribution >= 0.6 is 0 Å². The summed E-state index contributed by atoms with van der Waals surface area (Å²) in [5, 5.41) is 3.64. The zero-order valence-corrected chi connectivity index (χ0v) is 11.0. The van der Waals surface area contributed by atoms with Crippen LogP contribution in [0.25, 0.3) is 0 Å². The Balaban J connectivity index is 1.95. The molecule has 1 aromatic rings. The Bertz CT molecular complexity index is 379. The van der Waals surface area contributed by atoms with Crippen molar-refractivity contribution in [1.29, 1.82) is 0 Å². The monoisotopic (exact) mass is 218 g/mol. The van der Waals surface area contributed by atoms with Gasteiger partial charge in [0.1, 0.15) is 0 Å². The molecular weight excluding hydrogens is 196 g/mol. The molecule has 2 heteroatoms. The second kappa shape index (κ2) is 3.56. The summed E-state index contributed by atoms with van der Waals surface area (Å²) in [6.45, 7) is 12.3. The smallest absolute Gasteiger partial charge is 0.0313 e. The molecule has 0 aliphatic heterocycles. The number of hydrogen-bond acceptors (Lipinski definition) is 2. The van der Waals surface area contributed by atoms with E-state index in [0.717, 1.165) is 6.54 Å². The lowest BCUT2D eigenvalue weighted by atomic mass is 10.0. The van der Waals surface area contributed by atoms with Crippen molar-refractivity contribution < 1.29 is 0 Å². The van der Waals surface area contributed by atoms with Gasteiger partial charge < -0.3 is 5.32 Å². The first kappa shape index (κ1) is 11.6. The normalized spacial score (nSPS) is 22.1. The zero-order chi connectivity index (χ0) is 12.0. The first-order valence-corrected chi connectivity index (χ1v) is 5.99. The summed E-state index contributed by atoms with van der Waals surface area (Å²) >= 11 is 0. The lowest BCUT2D eigenvalue weighted by Gasteiger charge is -2.06. The number of rotatable bonds is 3. The summed E-state index contributed by atoms with van der Waals surface area (Å²) in [7, 11) is 0. The van der Waals surface area contributed by atoms with Crippen molar-refractivity contribution in [3.8, 4) is 0 Å². The third-order valence-electron chi connectivity index (χ3n) is 4.46. The van der Waals surface area contributed by atoms with Crippen LogP contribution in [0, 0.1) is 17.8 Å². The van der Waals surface area contributed by atoms with Gasteiger partial charge in [-0.2, -0.15) is 0 Å². The van der Waals surface area contributed by atoms with Crippen LogP contribution in [0.1, 0.15) is 38.8 Å². The molecule has 0 bridgehead atoms. The van der Waals surface area contributed by atoms with Gasteiger partial charge in [0.25, 0.3) is 0 Å². The number of aromatic nitrogens is 1. The van der Waals surface area contributed by atoms with E-state index in [4.69, 9.17) is 0 Å². The van der Waals surface area contributed by atoms with E-state index in [-0.39, 0.29) is 0 Å². The van der Waals surface area contributed by atoms with Crippen molar-refractivity contribution in [1.82, 2.24) is 10.3 Å². The third-order valence-corrected chi connectivity index (χ3v) is 4.46. The molecule has 2 rings (SSSR count). The van der Waals surface area contributed by atoms with Crippen LogP contribution in [-0.2, 0) is 6.54 Å². The molecule has 16 heavy (non-hydrogen) atoms. The lowest BCUT2D eigenvalue weighted by molar-refractivity contribution is 0.457. The topological polar surface area (TPSA) is 24.9 Å². The summed E-state index contributed by atoms with van der Waals surface area (Å²) in [4.78, 5) is 4.22. The zero-order valence-electron chi connectivity index (χ0n) is 11.0. The van der Waals surface area contributed by atoms with Gasteiger partial charge in [-0.3, -0.25) is 4.98 Å². The van der Waals surface area contributed by atoms with Crippen molar-refractivity contribution in [2.75, 3.05) is 0 Å². The van der Waals surface area contributed by atoms with Crippen LogP contribution in [0.4, 0.5) is 0 Å². The molecule has 88 valence electrons. The molecule has 1 aromatic heterocycles. The SMILES string of the molecule is Cc1cncc(CNC2C(C)(C)C2(C)C)c1. The van der Waals surface area contributed by atoms with Crippen LogP contribution < -0.4 is 5.32 Å². The molecule has 0 amide bonds. The molecule has 1 heterocycles. The molecule has 0 atom stereocenters. The summed E-state index contributed by atoms with van der Waals surface area (Å²) < 4.78 is 0. The highest BCUT2D eigenvalue weighted by molar-refractivity contribution is 5.20. The Labute approximate surface area is 98.5 Å². The van der Waals surface area contributed by atoms with Gasteiger partial charge >= 0.3 is 0 Å². The van der Waals surface area contributed by atoms with E-state index in [0.29, 0.717) is 16.9 Å². The number of nitrogens with one attached hydrogen (secondary N) is 1. The molecule has 0 radical (unpaired) electrons. The van der Waals surface area contributed by atoms with Crippen molar-refractivity contribution in [3.63, 3.8) is 0 Å². The second-order valence-electron chi connectivity index (χ2n) is 6.13. The molecule has 1 aliphatic carbocycles. The summed E-state index contributed by atoms with van der Waals surface area (Å²) in [5.74, 6) is 0. The van der Waals surface area contributed by atoms with E-state index in [1.165, 1.54) is 11.1 Å². The van der Waals surface area contributed by atoms with E-state index in [2.05, 4.69) is 51.0 Å². The molecule has 0 aromatic carbocycles. The Morgan fingerprint density at radius 3 is 2.31 bits per heavy atom. The average molecular weight is 218 g/mol. The minimum atomic E-state index is 0.407. The lowest BCUT2D eigenvalue weighted by Crippen LogP contribution is -2.21. The molecule has 1 N–H and O–H groups in total. The largest absolute Gasteiger partial charge is 0.309 e. The molecule has 2 nitrogen and oxygen atoms in total. The average Bonchev–Trinajstić information content (AvgIpc) is 2.55. The van der Waals surface area contributed by atoms with E-state index in [1.807, 2.05) is 12.4 Å². The summed E-state index contributed by atoms with van der Waals surface area (Å²) in [6.07, 6.45) is 3.84. The van der Waals surface area contributed by atoms with E-state index < -0.39 is 0 Å². The maximum absolute atomic E-state index is 4.22. The predicted octanol–water partition coefficient (Wildman–Crippen LogP) is 2.91. The minimum Gasteiger partial charge on any atom is -0.309 e. The third kappa shape index (κ3) is 1.75. The Hall–Kier alpha value is -0.890. The molecule has 0 saturated heterocycles. The Kier molecular flexibility index (Phi) is 2.58. The maximum Gasteiger partial charge on any atom is 0.0313 e. The predicted molar refractivity (Wildman–Crippen MR) is 67.2 cm³/mol. The van der Waals surface area contributed by atoms with Gasteiger partial charge in [0.15, 0.2) is 0 Å². The number of aryl methyl sites for hydroxylation is 1. The summed E-state index contributed by atoms with van der Waals surface area (Å²) in [6, 6.07) is 2.81. The summed E-state index contributed by atoms with van der Waals surface area (Å²) in [5.41, 5.74) is 3.32. The molecular formula is C14H22N2. The molecule has 1 fully saturated rings. The van der Waals surface area contributed by atoms with Gasteiger partial charge in [-0.05, 0) is 28.9 Å². The minimum absolute atomic E-state index is 0.407. The van der Waals surface area contributed by atoms with Crippen molar-refractivity contribution >= 4 is 0 Å². The molecule has 0 unspecified atom stereocenters. The van der Waals surface area contributed by atoms with Crippen LogP contribution in [0.15, 0.2) is 18.5 Å². The van der Waals surface area contributed by atoms with Crippen molar-refractivity contribution in [3.05, 3.63) is 29.6 Å². The molecule has 0 spiro atoms. The van der Waals surface area contributed by atoms with Gasteiger partial charge in [-0.1, -0.05) is 33.8 Å². The van der Waals surface area contributed by atoms with E-state index in [1.54, 1.807) is 0 Å². The van der Waals surface area contributed by atoms with Gasteiger partial charge in [0.2, 0.25) is 0 Å². The van der Waals surface area contributed by atoms with Crippen LogP contribution in [0.3, 0.4) is 0 Å². The van der Waals surface area contributed by atoms with Crippen molar-refractivity contribution in [2.24, 2.45) is 10.8 Å². The fourth-order valence-electron chi connectivity index (χ4n) is 2.64. The first-order chi connectivity index (χ1) is 7.35. The first-order valence-electron chi connectivity index (χ1n) is 5.99. The standard InChI is InChI=1S/C14H22N2/c1-10-6-11(8-15-7-10)9-16-12-13(2,3)14(12,4)5/h6-8,12,16H,9H2,1-5H3. The van der Waals surface area contributed by atoms with E-state index in [9.17, 15) is 0 Å². The number of nitrogens with zero attached hydrogens (tertiary/aromatic N) is 1.